The fourth-order valence-electron chi connectivity index (χ4n) is 3.10. The molecule has 1 aliphatic rings. The van der Waals surface area contributed by atoms with Crippen molar-refractivity contribution < 1.29 is 4.55 Å². The van der Waals surface area contributed by atoms with Gasteiger partial charge in [-0.15, -0.1) is 0 Å². The van der Waals surface area contributed by atoms with Gasteiger partial charge in [0.1, 0.15) is 11.3 Å². The molecule has 0 bridgehead atoms. The van der Waals surface area contributed by atoms with Gasteiger partial charge < -0.3 is 14.4 Å². The van der Waals surface area contributed by atoms with Crippen LogP contribution in [0.3, 0.4) is 0 Å². The van der Waals surface area contributed by atoms with Crippen molar-refractivity contribution in [2.24, 2.45) is 13.0 Å². The van der Waals surface area contributed by atoms with E-state index in [-0.39, 0.29) is 5.56 Å². The minimum atomic E-state index is -1.04. The van der Waals surface area contributed by atoms with Crippen molar-refractivity contribution in [3.8, 4) is 11.3 Å². The summed E-state index contributed by atoms with van der Waals surface area (Å²) in [5.74, 6) is 1.31. The van der Waals surface area contributed by atoms with Crippen molar-refractivity contribution in [3.63, 3.8) is 0 Å². The largest absolute Gasteiger partial charge is 0.611 e. The predicted octanol–water partition coefficient (Wildman–Crippen LogP) is 2.65. The standard InChI is InChI=1S/C19H22N4O2S/c1-3-26(25)14-6-7-16(21-9-13-4-5-13)15(8-14)18-11-22(2)19(24)17-10-20-12-23(17)18/h6-8,10-13,21H,3-5,9H2,1-2H3. The Labute approximate surface area is 155 Å². The summed E-state index contributed by atoms with van der Waals surface area (Å²) in [5.41, 5.74) is 3.21. The molecule has 3 aromatic rings. The number of hydrogen-bond acceptors (Lipinski definition) is 4. The molecule has 1 N–H and O–H groups in total. The zero-order valence-electron chi connectivity index (χ0n) is 14.9. The van der Waals surface area contributed by atoms with Crippen molar-refractivity contribution >= 4 is 22.4 Å². The van der Waals surface area contributed by atoms with E-state index in [0.717, 1.165) is 34.3 Å². The van der Waals surface area contributed by atoms with Crippen LogP contribution in [0.2, 0.25) is 0 Å². The van der Waals surface area contributed by atoms with Crippen molar-refractivity contribution in [2.45, 2.75) is 24.7 Å². The number of hydrogen-bond donors (Lipinski definition) is 1. The highest BCUT2D eigenvalue weighted by Gasteiger charge is 2.22. The lowest BCUT2D eigenvalue weighted by atomic mass is 10.1. The smallest absolute Gasteiger partial charge is 0.276 e. The van der Waals surface area contributed by atoms with E-state index in [2.05, 4.69) is 10.3 Å². The SMILES string of the molecule is CC[S+]([O-])c1ccc(NCC2CC2)c(-c2cn(C)c(=O)c3cncn23)c1. The lowest BCUT2D eigenvalue weighted by Gasteiger charge is -2.16. The van der Waals surface area contributed by atoms with Crippen LogP contribution in [0.25, 0.3) is 16.8 Å². The first kappa shape index (κ1) is 17.2. The van der Waals surface area contributed by atoms with Gasteiger partial charge in [0.25, 0.3) is 5.56 Å². The molecule has 2 aromatic heterocycles. The van der Waals surface area contributed by atoms with Gasteiger partial charge in [0.05, 0.1) is 18.2 Å². The highest BCUT2D eigenvalue weighted by molar-refractivity contribution is 7.91. The molecule has 4 rings (SSSR count). The highest BCUT2D eigenvalue weighted by Crippen LogP contribution is 2.33. The fourth-order valence-corrected chi connectivity index (χ4v) is 3.91. The number of imidazole rings is 1. The van der Waals surface area contributed by atoms with Crippen LogP contribution in [0.5, 0.6) is 0 Å². The second-order valence-corrected chi connectivity index (χ2v) is 8.48. The number of aromatic nitrogens is 3. The molecule has 7 heteroatoms. The van der Waals surface area contributed by atoms with Crippen LogP contribution >= 0.6 is 0 Å². The number of fused-ring (bicyclic) bond motifs is 1. The van der Waals surface area contributed by atoms with Crippen LogP contribution in [0.4, 0.5) is 5.69 Å². The first-order valence-corrected chi connectivity index (χ1v) is 10.2. The second-order valence-electron chi connectivity index (χ2n) is 6.75. The second kappa shape index (κ2) is 6.81. The number of nitrogens with zero attached hydrogens (tertiary/aromatic N) is 3. The average Bonchev–Trinajstić information content (AvgIpc) is 3.36. The third-order valence-electron chi connectivity index (χ3n) is 4.82. The first-order valence-electron chi connectivity index (χ1n) is 8.87. The zero-order valence-corrected chi connectivity index (χ0v) is 15.8. The minimum Gasteiger partial charge on any atom is -0.611 e. The molecule has 0 radical (unpaired) electrons. The molecule has 0 aliphatic heterocycles. The van der Waals surface area contributed by atoms with Gasteiger partial charge in [-0.1, -0.05) is 0 Å². The maximum atomic E-state index is 12.3. The molecule has 1 aromatic carbocycles. The summed E-state index contributed by atoms with van der Waals surface area (Å²) in [4.78, 5) is 17.3. The van der Waals surface area contributed by atoms with E-state index < -0.39 is 11.2 Å². The van der Waals surface area contributed by atoms with Crippen LogP contribution < -0.4 is 10.9 Å². The normalized spacial score (nSPS) is 15.3. The Morgan fingerprint density at radius 3 is 2.92 bits per heavy atom. The van der Waals surface area contributed by atoms with Gasteiger partial charge in [-0.05, 0) is 49.0 Å². The summed E-state index contributed by atoms with van der Waals surface area (Å²) in [6.45, 7) is 2.84. The van der Waals surface area contributed by atoms with E-state index in [1.807, 2.05) is 31.3 Å². The van der Waals surface area contributed by atoms with Crippen LogP contribution in [0.1, 0.15) is 19.8 Å². The molecular formula is C19H22N4O2S. The summed E-state index contributed by atoms with van der Waals surface area (Å²) in [5, 5.41) is 3.53. The Morgan fingerprint density at radius 1 is 1.38 bits per heavy atom. The third kappa shape index (κ3) is 3.12. The van der Waals surface area contributed by atoms with E-state index in [0.29, 0.717) is 11.3 Å². The molecule has 0 amide bonds. The van der Waals surface area contributed by atoms with Crippen LogP contribution in [-0.2, 0) is 18.2 Å². The molecule has 0 saturated heterocycles. The van der Waals surface area contributed by atoms with Crippen molar-refractivity contribution in [2.75, 3.05) is 17.6 Å². The fraction of sp³-hybridized carbons (Fsp3) is 0.368. The van der Waals surface area contributed by atoms with E-state index in [4.69, 9.17) is 0 Å². The van der Waals surface area contributed by atoms with Gasteiger partial charge in [0, 0.05) is 37.1 Å². The Balaban J connectivity index is 1.88. The Hall–Kier alpha value is -2.25. The summed E-state index contributed by atoms with van der Waals surface area (Å²) >= 11 is -1.04. The number of benzene rings is 1. The zero-order chi connectivity index (χ0) is 18.3. The van der Waals surface area contributed by atoms with Crippen LogP contribution in [0, 0.1) is 5.92 Å². The quantitative estimate of drug-likeness (QED) is 0.677. The third-order valence-corrected chi connectivity index (χ3v) is 6.13. The van der Waals surface area contributed by atoms with E-state index >= 15 is 0 Å². The first-order chi connectivity index (χ1) is 12.6. The maximum absolute atomic E-state index is 12.3. The Kier molecular flexibility index (Phi) is 4.50. The summed E-state index contributed by atoms with van der Waals surface area (Å²) < 4.78 is 15.7. The van der Waals surface area contributed by atoms with Crippen molar-refractivity contribution in [1.29, 1.82) is 0 Å². The van der Waals surface area contributed by atoms with Gasteiger partial charge >= 0.3 is 0 Å². The van der Waals surface area contributed by atoms with Gasteiger partial charge in [-0.3, -0.25) is 9.20 Å². The summed E-state index contributed by atoms with van der Waals surface area (Å²) in [7, 11) is 1.74. The molecule has 1 fully saturated rings. The molecule has 0 spiro atoms. The lowest BCUT2D eigenvalue weighted by molar-refractivity contribution is 0.596. The Morgan fingerprint density at radius 2 is 2.19 bits per heavy atom. The van der Waals surface area contributed by atoms with Gasteiger partial charge in [-0.2, -0.15) is 0 Å². The minimum absolute atomic E-state index is 0.0907. The van der Waals surface area contributed by atoms with Crippen molar-refractivity contribution in [1.82, 2.24) is 14.0 Å². The average molecular weight is 370 g/mol. The lowest BCUT2D eigenvalue weighted by Crippen LogP contribution is -2.19. The predicted molar refractivity (Wildman–Crippen MR) is 104 cm³/mol. The molecule has 1 aliphatic carbocycles. The Bertz CT molecular complexity index is 1010. The molecule has 26 heavy (non-hydrogen) atoms. The highest BCUT2D eigenvalue weighted by atomic mass is 32.2. The van der Waals surface area contributed by atoms with E-state index in [1.165, 1.54) is 12.8 Å². The maximum Gasteiger partial charge on any atom is 0.276 e. The number of nitrogens with one attached hydrogen (secondary N) is 1. The van der Waals surface area contributed by atoms with E-state index in [9.17, 15) is 9.35 Å². The summed E-state index contributed by atoms with van der Waals surface area (Å²) in [6, 6.07) is 5.88. The van der Waals surface area contributed by atoms with Crippen molar-refractivity contribution in [3.05, 3.63) is 47.3 Å². The summed E-state index contributed by atoms with van der Waals surface area (Å²) in [6.07, 6.45) is 7.59. The molecule has 2 heterocycles. The van der Waals surface area contributed by atoms with Gasteiger partial charge in [-0.25, -0.2) is 4.98 Å². The molecule has 1 saturated carbocycles. The molecule has 1 unspecified atom stereocenters. The van der Waals surface area contributed by atoms with Gasteiger partial charge in [0.15, 0.2) is 4.90 Å². The number of rotatable bonds is 6. The number of aryl methyl sites for hydroxylation is 1. The molecule has 136 valence electrons. The van der Waals surface area contributed by atoms with Gasteiger partial charge in [0.2, 0.25) is 0 Å². The number of anilines is 1. The van der Waals surface area contributed by atoms with Crippen LogP contribution in [0.15, 0.2) is 46.6 Å². The monoisotopic (exact) mass is 370 g/mol. The van der Waals surface area contributed by atoms with Crippen LogP contribution in [-0.4, -0.2) is 30.8 Å². The molecule has 1 atom stereocenters. The molecular weight excluding hydrogens is 348 g/mol. The van der Waals surface area contributed by atoms with E-state index in [1.54, 1.807) is 28.5 Å². The topological polar surface area (TPSA) is 74.4 Å². The molecule has 6 nitrogen and oxygen atoms in total.